The van der Waals surface area contributed by atoms with Gasteiger partial charge in [-0.05, 0) is 33.6 Å². The van der Waals surface area contributed by atoms with Crippen LogP contribution in [-0.4, -0.2) is 23.7 Å². The van der Waals surface area contributed by atoms with Gasteiger partial charge in [0.05, 0.1) is 17.3 Å². The molecule has 0 unspecified atom stereocenters. The van der Waals surface area contributed by atoms with Crippen LogP contribution in [0.4, 0.5) is 0 Å². The molecule has 19 heavy (non-hydrogen) atoms. The van der Waals surface area contributed by atoms with Crippen LogP contribution >= 0.6 is 11.3 Å². The quantitative estimate of drug-likeness (QED) is 0.775. The number of hydrogen-bond acceptors (Lipinski definition) is 4. The lowest BCUT2D eigenvalue weighted by Gasteiger charge is -2.20. The number of ether oxygens (including phenoxy) is 1. The minimum Gasteiger partial charge on any atom is -0.381 e. The highest BCUT2D eigenvalue weighted by Crippen LogP contribution is 2.26. The predicted octanol–water partition coefficient (Wildman–Crippen LogP) is 3.73. The third-order valence-electron chi connectivity index (χ3n) is 2.76. The zero-order valence-corrected chi connectivity index (χ0v) is 14.0. The van der Waals surface area contributed by atoms with E-state index in [2.05, 4.69) is 39.9 Å². The van der Waals surface area contributed by atoms with Crippen LogP contribution in [0, 0.1) is 0 Å². The largest absolute Gasteiger partial charge is 0.381 e. The van der Waals surface area contributed by atoms with E-state index in [0.29, 0.717) is 5.92 Å². The summed E-state index contributed by atoms with van der Waals surface area (Å²) in [4.78, 5) is 6.15. The molecule has 3 nitrogen and oxygen atoms in total. The number of thiazole rings is 1. The fraction of sp³-hybridized carbons (Fsp3) is 0.800. The number of hydrogen-bond donors (Lipinski definition) is 1. The van der Waals surface area contributed by atoms with E-state index >= 15 is 0 Å². The minimum atomic E-state index is 0.143. The number of aromatic nitrogens is 1. The second kappa shape index (κ2) is 7.36. The molecule has 0 radical (unpaired) electrons. The van der Waals surface area contributed by atoms with Crippen molar-refractivity contribution in [2.45, 2.75) is 66.0 Å². The third-order valence-corrected chi connectivity index (χ3v) is 3.89. The van der Waals surface area contributed by atoms with Crippen LogP contribution < -0.4 is 5.32 Å². The summed E-state index contributed by atoms with van der Waals surface area (Å²) in [5, 5.41) is 4.75. The maximum Gasteiger partial charge on any atom is 0.0954 e. The highest BCUT2D eigenvalue weighted by atomic mass is 32.1. The average Bonchev–Trinajstić information content (AvgIpc) is 2.69. The van der Waals surface area contributed by atoms with Gasteiger partial charge in [-0.25, -0.2) is 4.98 Å². The molecule has 0 aliphatic carbocycles. The Hall–Kier alpha value is -0.450. The van der Waals surface area contributed by atoms with Crippen LogP contribution in [0.25, 0.3) is 0 Å². The molecule has 0 aromatic carbocycles. The van der Waals surface area contributed by atoms with E-state index in [-0.39, 0.29) is 5.54 Å². The van der Waals surface area contributed by atoms with Crippen molar-refractivity contribution in [3.05, 3.63) is 15.6 Å². The summed E-state index contributed by atoms with van der Waals surface area (Å²) in [6.07, 6.45) is 0.924. The molecule has 0 aliphatic rings. The number of nitrogens with one attached hydrogen (secondary N) is 1. The van der Waals surface area contributed by atoms with Crippen molar-refractivity contribution < 1.29 is 4.74 Å². The predicted molar refractivity (Wildman–Crippen MR) is 83.0 cm³/mol. The van der Waals surface area contributed by atoms with Crippen molar-refractivity contribution in [1.82, 2.24) is 10.3 Å². The van der Waals surface area contributed by atoms with Gasteiger partial charge in [-0.3, -0.25) is 0 Å². The SMILES string of the molecule is CCOCCc1nc(C(C)C)c(CNC(C)(C)C)s1. The van der Waals surface area contributed by atoms with E-state index in [9.17, 15) is 0 Å². The zero-order valence-electron chi connectivity index (χ0n) is 13.2. The van der Waals surface area contributed by atoms with Crippen LogP contribution in [0.3, 0.4) is 0 Å². The number of rotatable bonds is 7. The van der Waals surface area contributed by atoms with Gasteiger partial charge in [0.25, 0.3) is 0 Å². The van der Waals surface area contributed by atoms with Crippen molar-refractivity contribution >= 4 is 11.3 Å². The van der Waals surface area contributed by atoms with Crippen molar-refractivity contribution in [1.29, 1.82) is 0 Å². The summed E-state index contributed by atoms with van der Waals surface area (Å²) in [5.41, 5.74) is 1.39. The molecule has 110 valence electrons. The molecule has 1 aromatic heterocycles. The maximum atomic E-state index is 5.41. The normalized spacial score (nSPS) is 12.4. The highest BCUT2D eigenvalue weighted by Gasteiger charge is 2.16. The van der Waals surface area contributed by atoms with Crippen molar-refractivity contribution in [2.75, 3.05) is 13.2 Å². The Morgan fingerprint density at radius 1 is 1.32 bits per heavy atom. The molecule has 1 heterocycles. The Morgan fingerprint density at radius 3 is 2.53 bits per heavy atom. The average molecular weight is 284 g/mol. The topological polar surface area (TPSA) is 34.1 Å². The van der Waals surface area contributed by atoms with Crippen LogP contribution in [0.5, 0.6) is 0 Å². The zero-order chi connectivity index (χ0) is 14.5. The lowest BCUT2D eigenvalue weighted by Crippen LogP contribution is -2.35. The smallest absolute Gasteiger partial charge is 0.0954 e. The second-order valence-corrected chi connectivity index (χ2v) is 7.29. The summed E-state index contributed by atoms with van der Waals surface area (Å²) in [7, 11) is 0. The Morgan fingerprint density at radius 2 is 2.00 bits per heavy atom. The second-order valence-electron chi connectivity index (χ2n) is 6.12. The molecular formula is C15H28N2OS. The van der Waals surface area contributed by atoms with Crippen LogP contribution in [-0.2, 0) is 17.7 Å². The first-order valence-corrected chi connectivity index (χ1v) is 7.96. The van der Waals surface area contributed by atoms with Gasteiger partial charge in [-0.15, -0.1) is 11.3 Å². The summed E-state index contributed by atoms with van der Waals surface area (Å²) in [5.74, 6) is 0.480. The Balaban J connectivity index is 2.71. The molecule has 0 amide bonds. The van der Waals surface area contributed by atoms with E-state index in [1.807, 2.05) is 18.3 Å². The Bertz CT molecular complexity index is 380. The Labute approximate surface area is 121 Å². The molecular weight excluding hydrogens is 256 g/mol. The van der Waals surface area contributed by atoms with Gasteiger partial charge >= 0.3 is 0 Å². The fourth-order valence-corrected chi connectivity index (χ4v) is 2.89. The first-order valence-electron chi connectivity index (χ1n) is 7.14. The van der Waals surface area contributed by atoms with Gasteiger partial charge in [0, 0.05) is 30.0 Å². The van der Waals surface area contributed by atoms with Crippen molar-refractivity contribution in [3.8, 4) is 0 Å². The van der Waals surface area contributed by atoms with Gasteiger partial charge in [-0.1, -0.05) is 13.8 Å². The highest BCUT2D eigenvalue weighted by molar-refractivity contribution is 7.11. The molecule has 1 aromatic rings. The van der Waals surface area contributed by atoms with Crippen molar-refractivity contribution in [3.63, 3.8) is 0 Å². The van der Waals surface area contributed by atoms with Crippen LogP contribution in [0.15, 0.2) is 0 Å². The van der Waals surface area contributed by atoms with Crippen molar-refractivity contribution in [2.24, 2.45) is 0 Å². The van der Waals surface area contributed by atoms with E-state index in [1.54, 1.807) is 0 Å². The summed E-state index contributed by atoms with van der Waals surface area (Å²) < 4.78 is 5.41. The van der Waals surface area contributed by atoms with Crippen LogP contribution in [0.2, 0.25) is 0 Å². The molecule has 4 heteroatoms. The lowest BCUT2D eigenvalue weighted by molar-refractivity contribution is 0.151. The molecule has 1 N–H and O–H groups in total. The van der Waals surface area contributed by atoms with Gasteiger partial charge < -0.3 is 10.1 Å². The summed E-state index contributed by atoms with van der Waals surface area (Å²) in [6.45, 7) is 15.5. The maximum absolute atomic E-state index is 5.41. The standard InChI is InChI=1S/C15H28N2OS/c1-7-18-9-8-13-17-14(11(2)3)12(19-13)10-16-15(4,5)6/h11,16H,7-10H2,1-6H3. The first-order chi connectivity index (χ1) is 8.83. The lowest BCUT2D eigenvalue weighted by atomic mass is 10.1. The molecule has 0 aliphatic heterocycles. The van der Waals surface area contributed by atoms with Gasteiger partial charge in [-0.2, -0.15) is 0 Å². The van der Waals surface area contributed by atoms with E-state index in [1.165, 1.54) is 15.6 Å². The summed E-state index contributed by atoms with van der Waals surface area (Å²) in [6, 6.07) is 0. The van der Waals surface area contributed by atoms with Gasteiger partial charge in [0.15, 0.2) is 0 Å². The van der Waals surface area contributed by atoms with E-state index < -0.39 is 0 Å². The molecule has 1 rings (SSSR count). The molecule has 0 atom stereocenters. The minimum absolute atomic E-state index is 0.143. The molecule has 0 bridgehead atoms. The third kappa shape index (κ3) is 6.02. The fourth-order valence-electron chi connectivity index (χ4n) is 1.75. The molecule has 0 spiro atoms. The molecule has 0 saturated carbocycles. The summed E-state index contributed by atoms with van der Waals surface area (Å²) >= 11 is 1.83. The Kier molecular flexibility index (Phi) is 6.43. The van der Waals surface area contributed by atoms with E-state index in [4.69, 9.17) is 9.72 Å². The van der Waals surface area contributed by atoms with E-state index in [0.717, 1.165) is 26.2 Å². The van der Waals surface area contributed by atoms with Gasteiger partial charge in [0.2, 0.25) is 0 Å². The molecule has 0 saturated heterocycles. The monoisotopic (exact) mass is 284 g/mol. The number of nitrogens with zero attached hydrogens (tertiary/aromatic N) is 1. The molecule has 0 fully saturated rings. The van der Waals surface area contributed by atoms with Crippen LogP contribution in [0.1, 0.15) is 63.0 Å². The first kappa shape index (κ1) is 16.6. The van der Waals surface area contributed by atoms with Gasteiger partial charge in [0.1, 0.15) is 0 Å².